The summed E-state index contributed by atoms with van der Waals surface area (Å²) in [6.45, 7) is 9.00. The standard InChI is InChI=1S/C26H34N4O7/c1-26(2,3)37-24(31)18-28-10-12-29(13-11-28)21-7-5-6-20(17-21)27-22-9-8-19(16-23(22)30(33)34)25(32)36-15-14-35-4/h5-9,16-17,27H,10-15,18H2,1-4H3. The highest BCUT2D eigenvalue weighted by molar-refractivity contribution is 5.91. The van der Waals surface area contributed by atoms with Crippen molar-refractivity contribution in [1.29, 1.82) is 0 Å². The van der Waals surface area contributed by atoms with Crippen molar-refractivity contribution in [3.63, 3.8) is 0 Å². The van der Waals surface area contributed by atoms with E-state index in [0.29, 0.717) is 18.8 Å². The number of benzene rings is 2. The summed E-state index contributed by atoms with van der Waals surface area (Å²) in [6.07, 6.45) is 0. The van der Waals surface area contributed by atoms with E-state index in [-0.39, 0.29) is 42.7 Å². The molecule has 2 aromatic rings. The van der Waals surface area contributed by atoms with Crippen molar-refractivity contribution in [1.82, 2.24) is 4.90 Å². The molecule has 3 rings (SSSR count). The molecular weight excluding hydrogens is 480 g/mol. The molecular formula is C26H34N4O7. The molecule has 11 nitrogen and oxygen atoms in total. The summed E-state index contributed by atoms with van der Waals surface area (Å²) in [6, 6.07) is 11.8. The highest BCUT2D eigenvalue weighted by Crippen LogP contribution is 2.30. The van der Waals surface area contributed by atoms with Gasteiger partial charge in [-0.25, -0.2) is 4.79 Å². The zero-order valence-electron chi connectivity index (χ0n) is 21.7. The van der Waals surface area contributed by atoms with Gasteiger partial charge in [0.1, 0.15) is 17.9 Å². The van der Waals surface area contributed by atoms with Crippen molar-refractivity contribution in [3.05, 3.63) is 58.1 Å². The van der Waals surface area contributed by atoms with Gasteiger partial charge in [-0.2, -0.15) is 0 Å². The van der Waals surface area contributed by atoms with Crippen molar-refractivity contribution >= 4 is 34.7 Å². The van der Waals surface area contributed by atoms with Crippen molar-refractivity contribution in [2.75, 3.05) is 63.3 Å². The molecule has 0 unspecified atom stereocenters. The molecule has 0 atom stereocenters. The summed E-state index contributed by atoms with van der Waals surface area (Å²) < 4.78 is 15.3. The maximum Gasteiger partial charge on any atom is 0.338 e. The van der Waals surface area contributed by atoms with Crippen molar-refractivity contribution in [2.45, 2.75) is 26.4 Å². The Balaban J connectivity index is 1.64. The van der Waals surface area contributed by atoms with E-state index in [1.807, 2.05) is 45.0 Å². The molecule has 1 saturated heterocycles. The molecule has 0 aromatic heterocycles. The number of carbonyl (C=O) groups excluding carboxylic acids is 2. The lowest BCUT2D eigenvalue weighted by atomic mass is 10.1. The fourth-order valence-electron chi connectivity index (χ4n) is 3.87. The Kier molecular flexibility index (Phi) is 9.42. The minimum Gasteiger partial charge on any atom is -0.460 e. The van der Waals surface area contributed by atoms with Gasteiger partial charge in [0, 0.05) is 50.7 Å². The van der Waals surface area contributed by atoms with Crippen LogP contribution in [-0.2, 0) is 19.0 Å². The smallest absolute Gasteiger partial charge is 0.338 e. The molecule has 1 heterocycles. The number of hydrogen-bond donors (Lipinski definition) is 1. The van der Waals surface area contributed by atoms with Crippen LogP contribution in [0.3, 0.4) is 0 Å². The Morgan fingerprint density at radius 2 is 1.78 bits per heavy atom. The van der Waals surface area contributed by atoms with Gasteiger partial charge in [-0.15, -0.1) is 0 Å². The maximum absolute atomic E-state index is 12.2. The zero-order chi connectivity index (χ0) is 27.0. The SMILES string of the molecule is COCCOC(=O)c1ccc(Nc2cccc(N3CCN(CC(=O)OC(C)(C)C)CC3)c2)c([N+](=O)[O-])c1. The Labute approximate surface area is 216 Å². The van der Waals surface area contributed by atoms with Crippen LogP contribution < -0.4 is 10.2 Å². The minimum atomic E-state index is -0.653. The van der Waals surface area contributed by atoms with Gasteiger partial charge in [-0.1, -0.05) is 6.07 Å². The zero-order valence-corrected chi connectivity index (χ0v) is 21.7. The molecule has 11 heteroatoms. The highest BCUT2D eigenvalue weighted by atomic mass is 16.6. The number of nitrogens with zero attached hydrogens (tertiary/aromatic N) is 3. The van der Waals surface area contributed by atoms with E-state index in [4.69, 9.17) is 14.2 Å². The number of nitro groups is 1. The Morgan fingerprint density at radius 1 is 1.05 bits per heavy atom. The number of piperazine rings is 1. The minimum absolute atomic E-state index is 0.0607. The highest BCUT2D eigenvalue weighted by Gasteiger charge is 2.23. The number of hydrogen-bond acceptors (Lipinski definition) is 10. The number of nitrogens with one attached hydrogen (secondary N) is 1. The molecule has 0 spiro atoms. The van der Waals surface area contributed by atoms with Crippen LogP contribution in [0.2, 0.25) is 0 Å². The third-order valence-corrected chi connectivity index (χ3v) is 5.59. The second-order valence-corrected chi connectivity index (χ2v) is 9.64. The van der Waals surface area contributed by atoms with Crippen molar-refractivity contribution in [3.8, 4) is 0 Å². The average molecular weight is 515 g/mol. The molecule has 37 heavy (non-hydrogen) atoms. The molecule has 1 N–H and O–H groups in total. The maximum atomic E-state index is 12.2. The van der Waals surface area contributed by atoms with Crippen LogP contribution >= 0.6 is 0 Å². The second-order valence-electron chi connectivity index (χ2n) is 9.64. The lowest BCUT2D eigenvalue weighted by molar-refractivity contribution is -0.383. The predicted octanol–water partition coefficient (Wildman–Crippen LogP) is 3.61. The number of nitro benzene ring substituents is 1. The van der Waals surface area contributed by atoms with E-state index in [0.717, 1.165) is 18.8 Å². The Bertz CT molecular complexity index is 1110. The van der Waals surface area contributed by atoms with Gasteiger partial charge in [0.05, 0.1) is 23.6 Å². The molecule has 1 fully saturated rings. The number of anilines is 3. The topological polar surface area (TPSA) is 123 Å². The molecule has 1 aliphatic heterocycles. The number of rotatable bonds is 10. The van der Waals surface area contributed by atoms with Crippen LogP contribution in [0, 0.1) is 10.1 Å². The molecule has 2 aromatic carbocycles. The molecule has 0 bridgehead atoms. The van der Waals surface area contributed by atoms with Gasteiger partial charge in [0.2, 0.25) is 0 Å². The normalized spacial score (nSPS) is 14.2. The van der Waals surface area contributed by atoms with E-state index >= 15 is 0 Å². The Morgan fingerprint density at radius 3 is 2.43 bits per heavy atom. The van der Waals surface area contributed by atoms with E-state index in [1.54, 1.807) is 0 Å². The van der Waals surface area contributed by atoms with Crippen molar-refractivity contribution < 1.29 is 28.7 Å². The predicted molar refractivity (Wildman–Crippen MR) is 139 cm³/mol. The van der Waals surface area contributed by atoms with Crippen LogP contribution in [0.1, 0.15) is 31.1 Å². The van der Waals surface area contributed by atoms with Gasteiger partial charge < -0.3 is 24.4 Å². The Hall–Kier alpha value is -3.70. The van der Waals surface area contributed by atoms with E-state index in [2.05, 4.69) is 15.1 Å². The average Bonchev–Trinajstić information content (AvgIpc) is 2.83. The monoisotopic (exact) mass is 514 g/mol. The molecule has 0 radical (unpaired) electrons. The van der Waals surface area contributed by atoms with Gasteiger partial charge >= 0.3 is 11.9 Å². The summed E-state index contributed by atoms with van der Waals surface area (Å²) in [5.74, 6) is -0.887. The molecule has 200 valence electrons. The van der Waals surface area contributed by atoms with Crippen LogP contribution in [-0.4, -0.2) is 80.4 Å². The second kappa shape index (κ2) is 12.5. The largest absolute Gasteiger partial charge is 0.460 e. The van der Waals surface area contributed by atoms with Crippen LogP contribution in [0.5, 0.6) is 0 Å². The third kappa shape index (κ3) is 8.43. The van der Waals surface area contributed by atoms with E-state index in [9.17, 15) is 19.7 Å². The lowest BCUT2D eigenvalue weighted by Gasteiger charge is -2.36. The fourth-order valence-corrected chi connectivity index (χ4v) is 3.87. The summed E-state index contributed by atoms with van der Waals surface area (Å²) in [4.78, 5) is 39.7. The third-order valence-electron chi connectivity index (χ3n) is 5.59. The van der Waals surface area contributed by atoms with E-state index in [1.165, 1.54) is 25.3 Å². The number of methoxy groups -OCH3 is 1. The summed E-state index contributed by atoms with van der Waals surface area (Å²) in [5.41, 5.74) is 1.25. The molecule has 0 aliphatic carbocycles. The van der Waals surface area contributed by atoms with Crippen LogP contribution in [0.15, 0.2) is 42.5 Å². The van der Waals surface area contributed by atoms with Gasteiger partial charge in [-0.05, 0) is 51.1 Å². The van der Waals surface area contributed by atoms with Crippen LogP contribution in [0.4, 0.5) is 22.7 Å². The first-order chi connectivity index (χ1) is 17.6. The van der Waals surface area contributed by atoms with Crippen molar-refractivity contribution in [2.24, 2.45) is 0 Å². The summed E-state index contributed by atoms with van der Waals surface area (Å²) in [7, 11) is 1.49. The first kappa shape index (κ1) is 27.9. The molecule has 0 saturated carbocycles. The lowest BCUT2D eigenvalue weighted by Crippen LogP contribution is -2.48. The first-order valence-corrected chi connectivity index (χ1v) is 12.1. The summed E-state index contributed by atoms with van der Waals surface area (Å²) in [5, 5.41) is 14.8. The molecule has 0 amide bonds. The molecule has 1 aliphatic rings. The van der Waals surface area contributed by atoms with Gasteiger partial charge in [0.25, 0.3) is 5.69 Å². The van der Waals surface area contributed by atoms with Gasteiger partial charge in [-0.3, -0.25) is 19.8 Å². The quantitative estimate of drug-likeness (QED) is 0.218. The number of carbonyl (C=O) groups is 2. The van der Waals surface area contributed by atoms with E-state index < -0.39 is 16.5 Å². The number of ether oxygens (including phenoxy) is 3. The van der Waals surface area contributed by atoms with Gasteiger partial charge in [0.15, 0.2) is 0 Å². The first-order valence-electron chi connectivity index (χ1n) is 12.1. The van der Waals surface area contributed by atoms with Crippen LogP contribution in [0.25, 0.3) is 0 Å². The number of esters is 2. The fraction of sp³-hybridized carbons (Fsp3) is 0.462. The summed E-state index contributed by atoms with van der Waals surface area (Å²) >= 11 is 0.